The van der Waals surface area contributed by atoms with Gasteiger partial charge in [-0.05, 0) is 242 Å². The lowest BCUT2D eigenvalue weighted by molar-refractivity contribution is 0.118. The molecule has 2 aliphatic rings. The number of hydrogen-bond donors (Lipinski definition) is 6. The number of benzene rings is 8. The number of anilines is 6. The van der Waals surface area contributed by atoms with Crippen molar-refractivity contribution >= 4 is 103 Å². The van der Waals surface area contributed by atoms with Crippen molar-refractivity contribution in [2.75, 3.05) is 34.4 Å². The van der Waals surface area contributed by atoms with Crippen molar-refractivity contribution in [3.63, 3.8) is 0 Å². The number of halogens is 6. The lowest BCUT2D eigenvalue weighted by Crippen LogP contribution is -2.02. The van der Waals surface area contributed by atoms with E-state index in [1.54, 1.807) is 39.8 Å². The van der Waals surface area contributed by atoms with Gasteiger partial charge in [0.15, 0.2) is 0 Å². The molecule has 130 heavy (non-hydrogen) atoms. The molecule has 8 aromatic carbocycles. The third-order valence-corrected chi connectivity index (χ3v) is 19.0. The third-order valence-electron chi connectivity index (χ3n) is 19.0. The summed E-state index contributed by atoms with van der Waals surface area (Å²) >= 11 is 0. The Kier molecular flexibility index (Phi) is 52.8. The molecule has 26 nitrogen and oxygen atoms in total. The van der Waals surface area contributed by atoms with Crippen molar-refractivity contribution in [3.8, 4) is 0 Å². The Labute approximate surface area is 761 Å². The fraction of sp³-hybridized carbons (Fsp3) is 0.408. The summed E-state index contributed by atoms with van der Waals surface area (Å²) in [4.78, 5) is 68.2. The van der Waals surface area contributed by atoms with Crippen molar-refractivity contribution < 1.29 is 74.6 Å². The highest BCUT2D eigenvalue weighted by Gasteiger charge is 2.28. The van der Waals surface area contributed by atoms with Gasteiger partial charge in [0.2, 0.25) is 12.2 Å². The molecular weight excluding hydrogens is 1680 g/mol. The molecule has 2 fully saturated rings. The molecule has 0 aliphatic heterocycles. The van der Waals surface area contributed by atoms with Crippen molar-refractivity contribution in [2.24, 2.45) is 51.2 Å². The van der Waals surface area contributed by atoms with Crippen LogP contribution in [0.3, 0.4) is 0 Å². The van der Waals surface area contributed by atoms with Gasteiger partial charge in [0.05, 0.1) is 68.2 Å². The predicted octanol–water partition coefficient (Wildman–Crippen LogP) is 24.8. The van der Waals surface area contributed by atoms with E-state index in [0.717, 1.165) is 124 Å². The Balaban J connectivity index is 0.000000383. The molecule has 12 N–H and O–H groups in total. The summed E-state index contributed by atoms with van der Waals surface area (Å²) in [7, 11) is 0. The monoisotopic (exact) mass is 1810 g/mol. The zero-order valence-electron chi connectivity index (χ0n) is 78.2. The SMILES string of the molecule is CC(C)=NOCc1c(F)cccc1N=C=O.CC(C)=NOCc1c(N)cccc1C(F)F.CC(C)=NOCc1c(N)cccc1C1CC1.CCC(C)=NOCc1c(F)cccc1N=C=O.CCC(C)=NOCc1c(N)cccc1C(F)F.CCC(C)=NOCc1c(N)cccc1C1CC1.CCC(C)=NOCc1c(N)cccc1CC.CCc1cccc(N)c1CON=C(C)C. The summed E-state index contributed by atoms with van der Waals surface area (Å²) in [6.07, 6.45) is 7.96. The van der Waals surface area contributed by atoms with Gasteiger partial charge in [-0.25, -0.2) is 35.9 Å². The van der Waals surface area contributed by atoms with Crippen LogP contribution in [0.15, 0.2) is 197 Å². The normalized spacial score (nSPS) is 11.8. The Bertz CT molecular complexity index is 5020. The number of nitrogen functional groups attached to an aromatic ring is 6. The zero-order valence-corrected chi connectivity index (χ0v) is 78.2. The van der Waals surface area contributed by atoms with Gasteiger partial charge < -0.3 is 73.1 Å². The number of nitrogens with two attached hydrogens (primary N) is 6. The first-order chi connectivity index (χ1) is 62.1. The minimum Gasteiger partial charge on any atom is -0.398 e. The van der Waals surface area contributed by atoms with E-state index in [-0.39, 0.29) is 60.1 Å². The Morgan fingerprint density at radius 3 is 0.800 bits per heavy atom. The number of carbonyl (C=O) groups excluding carboxylic acids is 2. The second-order valence-electron chi connectivity index (χ2n) is 30.4. The van der Waals surface area contributed by atoms with Crippen LogP contribution < -0.4 is 34.4 Å². The predicted molar refractivity (Wildman–Crippen MR) is 513 cm³/mol. The standard InChI is InChI=1S/C14H20N2O.C13H18N2O.C13H20N2O.C12H16F2N2O.C12H13FN2O2.C12H18N2O.C11H14F2N2O.C11H11FN2O2/c1-3-10(2)16-17-9-13-12(11-7-8-11)5-4-6-14(13)15;1-9(2)15-16-8-12-11(10-6-7-10)4-3-5-13(12)14;1-4-10(3)15-16-9-12-11(5-2)7-6-8-13(12)14;1-3-8(2)16-17-7-10-9(12(13)14)5-4-6-11(10)15;1-3-9(2)15-17-7-10-11(13)5-4-6-12(10)14-8-16;1-4-10-6-5-7-12(13)11(10)8-15-14-9(2)3;1-7(2)15-16-6-9-8(11(12)13)4-3-5-10(9)14;1-8(2)14-16-6-9-10(12)4-3-5-11(9)13-7-15/h4-6,11H,3,7-9,15H2,1-2H3;3-5,10H,6-8,14H2,1-2H3;6-8H,4-5,9,14H2,1-3H3;4-6,12H,3,7,15H2,1-2H3;4-6H,3,7H2,1-2H3;5-7H,4,8,13H2,1-3H3;3-5,11H,6,14H2,1-2H3;3-5H,6H2,1-2H3. The first kappa shape index (κ1) is 111. The molecule has 2 aliphatic carbocycles. The highest BCUT2D eigenvalue weighted by atomic mass is 19.3. The average Bonchev–Trinajstić information content (AvgIpc) is 1.68. The number of hydrogen-bond acceptors (Lipinski definition) is 26. The molecule has 2 saturated carbocycles. The Hall–Kier alpha value is -13.3. The molecule has 0 aromatic heterocycles. The number of rotatable bonds is 36. The van der Waals surface area contributed by atoms with Crippen molar-refractivity contribution in [1.29, 1.82) is 0 Å². The van der Waals surface area contributed by atoms with Gasteiger partial charge in [-0.2, -0.15) is 9.98 Å². The van der Waals surface area contributed by atoms with Crippen molar-refractivity contribution in [1.82, 2.24) is 0 Å². The fourth-order valence-corrected chi connectivity index (χ4v) is 11.1. The van der Waals surface area contributed by atoms with Crippen LogP contribution in [0, 0.1) is 11.6 Å². The molecule has 0 heterocycles. The number of oxime groups is 8. The lowest BCUT2D eigenvalue weighted by Gasteiger charge is -2.10. The van der Waals surface area contributed by atoms with Crippen LogP contribution in [0.25, 0.3) is 0 Å². The fourth-order valence-electron chi connectivity index (χ4n) is 11.1. The van der Waals surface area contributed by atoms with Crippen LogP contribution in [0.1, 0.15) is 279 Å². The Morgan fingerprint density at radius 1 is 0.315 bits per heavy atom. The summed E-state index contributed by atoms with van der Waals surface area (Å²) < 4.78 is 77.6. The van der Waals surface area contributed by atoms with Crippen LogP contribution in [0.5, 0.6) is 0 Å². The van der Waals surface area contributed by atoms with Gasteiger partial charge >= 0.3 is 0 Å². The number of aliphatic imine (C=N–C) groups is 2. The molecule has 704 valence electrons. The Morgan fingerprint density at radius 2 is 0.546 bits per heavy atom. The average molecular weight is 1810 g/mol. The van der Waals surface area contributed by atoms with E-state index in [4.69, 9.17) is 73.1 Å². The molecule has 10 rings (SSSR count). The second-order valence-corrected chi connectivity index (χ2v) is 30.4. The van der Waals surface area contributed by atoms with Crippen LogP contribution in [-0.4, -0.2) is 57.9 Å². The van der Waals surface area contributed by atoms with Gasteiger partial charge in [-0.1, -0.05) is 168 Å². The van der Waals surface area contributed by atoms with Crippen LogP contribution >= 0.6 is 0 Å². The van der Waals surface area contributed by atoms with E-state index in [1.165, 1.54) is 121 Å². The van der Waals surface area contributed by atoms with Gasteiger partial charge in [-0.15, -0.1) is 0 Å². The molecule has 0 unspecified atom stereocenters. The van der Waals surface area contributed by atoms with Gasteiger partial charge in [0.25, 0.3) is 12.9 Å². The maximum atomic E-state index is 13.5. The van der Waals surface area contributed by atoms with E-state index in [0.29, 0.717) is 66.5 Å². The van der Waals surface area contributed by atoms with Crippen LogP contribution in [0.2, 0.25) is 0 Å². The van der Waals surface area contributed by atoms with Crippen molar-refractivity contribution in [3.05, 3.63) is 235 Å². The largest absolute Gasteiger partial charge is 0.398 e. The first-order valence-electron chi connectivity index (χ1n) is 42.8. The van der Waals surface area contributed by atoms with Gasteiger partial charge in [0, 0.05) is 78.6 Å². The van der Waals surface area contributed by atoms with Gasteiger partial charge in [-0.3, -0.25) is 0 Å². The summed E-state index contributed by atoms with van der Waals surface area (Å²) in [5.41, 5.74) is 56.3. The maximum Gasteiger partial charge on any atom is 0.264 e. The zero-order chi connectivity index (χ0) is 96.6. The van der Waals surface area contributed by atoms with Crippen LogP contribution in [0.4, 0.5) is 71.8 Å². The molecule has 0 bridgehead atoms. The number of nitrogens with zero attached hydrogens (tertiary/aromatic N) is 10. The van der Waals surface area contributed by atoms with E-state index in [9.17, 15) is 35.9 Å². The molecule has 8 aromatic rings. The summed E-state index contributed by atoms with van der Waals surface area (Å²) in [5, 5.41) is 30.9. The van der Waals surface area contributed by atoms with E-state index in [1.807, 2.05) is 118 Å². The molecule has 0 saturated heterocycles. The van der Waals surface area contributed by atoms with Crippen LogP contribution in [-0.2, 0) is 114 Å². The summed E-state index contributed by atoms with van der Waals surface area (Å²) in [5.74, 6) is 0.411. The summed E-state index contributed by atoms with van der Waals surface area (Å²) in [6.45, 7) is 36.0. The van der Waals surface area contributed by atoms with E-state index < -0.39 is 24.5 Å². The minimum absolute atomic E-state index is 0.0380. The first-order valence-corrected chi connectivity index (χ1v) is 42.8. The quantitative estimate of drug-likeness (QED) is 0.00698. The molecule has 0 atom stereocenters. The van der Waals surface area contributed by atoms with Crippen molar-refractivity contribution in [2.45, 2.75) is 266 Å². The minimum atomic E-state index is -2.56. The highest BCUT2D eigenvalue weighted by molar-refractivity contribution is 5.83. The smallest absolute Gasteiger partial charge is 0.264 e. The van der Waals surface area contributed by atoms with E-state index in [2.05, 4.69) is 103 Å². The number of aryl methyl sites for hydroxylation is 2. The number of alkyl halides is 4. The number of isocyanates is 2. The molecule has 0 amide bonds. The van der Waals surface area contributed by atoms with Gasteiger partial charge in [0.1, 0.15) is 64.5 Å². The molecule has 32 heteroatoms. The lowest BCUT2D eigenvalue weighted by atomic mass is 10.0. The maximum absolute atomic E-state index is 13.5. The molecule has 0 radical (unpaired) electrons. The second kappa shape index (κ2) is 62.0. The highest BCUT2D eigenvalue weighted by Crippen LogP contribution is 2.44. The molecular formula is C98H130F6N16O10. The topological polar surface area (TPSA) is 388 Å². The summed E-state index contributed by atoms with van der Waals surface area (Å²) in [6, 6.07) is 41.4. The molecule has 0 spiro atoms. The van der Waals surface area contributed by atoms with E-state index >= 15 is 0 Å². The third kappa shape index (κ3) is 42.5.